The summed E-state index contributed by atoms with van der Waals surface area (Å²) in [5.74, 6) is -1.52. The molecule has 7 nitrogen and oxygen atoms in total. The number of hydrogen-bond acceptors (Lipinski definition) is 7. The van der Waals surface area contributed by atoms with Crippen molar-refractivity contribution in [2.75, 3.05) is 17.7 Å². The number of thiophene rings is 1. The molecule has 1 aromatic carbocycles. The van der Waals surface area contributed by atoms with Gasteiger partial charge in [0.05, 0.1) is 17.7 Å². The standard InChI is InChI=1S/C24H30N2O5S/c1-3-18(31-23(28)15-10-9-11-16(25)14-15)21(27)26-22-20(24(29)30-4-2)17-12-7-5-6-8-13-19(17)32-22/h9-11,14,18H,3-8,12-13,25H2,1-2H3,(H,26,27). The van der Waals surface area contributed by atoms with Gasteiger partial charge in [0, 0.05) is 10.6 Å². The minimum absolute atomic E-state index is 0.256. The van der Waals surface area contributed by atoms with Gasteiger partial charge in [-0.25, -0.2) is 9.59 Å². The fourth-order valence-corrected chi connectivity index (χ4v) is 5.08. The molecular weight excluding hydrogens is 428 g/mol. The maximum Gasteiger partial charge on any atom is 0.341 e. The average molecular weight is 459 g/mol. The molecule has 8 heteroatoms. The third kappa shape index (κ3) is 5.68. The zero-order chi connectivity index (χ0) is 23.1. The van der Waals surface area contributed by atoms with E-state index in [1.54, 1.807) is 32.0 Å². The number of nitrogens with two attached hydrogens (primary N) is 1. The summed E-state index contributed by atoms with van der Waals surface area (Å²) >= 11 is 1.42. The Kier molecular flexibility index (Phi) is 8.27. The van der Waals surface area contributed by atoms with Gasteiger partial charge in [0.2, 0.25) is 0 Å². The number of carbonyl (C=O) groups is 3. The van der Waals surface area contributed by atoms with Gasteiger partial charge in [-0.05, 0) is 62.8 Å². The normalized spacial score (nSPS) is 14.4. The summed E-state index contributed by atoms with van der Waals surface area (Å²) in [5, 5.41) is 3.32. The van der Waals surface area contributed by atoms with E-state index in [4.69, 9.17) is 15.2 Å². The number of aryl methyl sites for hydroxylation is 1. The smallest absolute Gasteiger partial charge is 0.341 e. The second kappa shape index (κ2) is 11.1. The van der Waals surface area contributed by atoms with E-state index in [9.17, 15) is 14.4 Å². The van der Waals surface area contributed by atoms with Crippen LogP contribution >= 0.6 is 11.3 Å². The van der Waals surface area contributed by atoms with E-state index in [0.29, 0.717) is 22.7 Å². The number of carbonyl (C=O) groups excluding carboxylic acids is 3. The van der Waals surface area contributed by atoms with Crippen LogP contribution in [0.5, 0.6) is 0 Å². The zero-order valence-corrected chi connectivity index (χ0v) is 19.4. The molecule has 1 unspecified atom stereocenters. The SMILES string of the molecule is CCOC(=O)c1c(NC(=O)C(CC)OC(=O)c2cccc(N)c2)sc2c1CCCCCC2. The average Bonchev–Trinajstić information content (AvgIpc) is 3.07. The second-order valence-corrected chi connectivity index (χ2v) is 8.86. The van der Waals surface area contributed by atoms with Crippen molar-refractivity contribution in [1.29, 1.82) is 0 Å². The number of nitrogen functional groups attached to an aromatic ring is 1. The van der Waals surface area contributed by atoms with E-state index in [-0.39, 0.29) is 12.2 Å². The van der Waals surface area contributed by atoms with Crippen LogP contribution in [0.3, 0.4) is 0 Å². The number of hydrogen-bond donors (Lipinski definition) is 2. The highest BCUT2D eigenvalue weighted by molar-refractivity contribution is 7.17. The largest absolute Gasteiger partial charge is 0.462 e. The zero-order valence-electron chi connectivity index (χ0n) is 18.6. The van der Waals surface area contributed by atoms with Gasteiger partial charge in [0.15, 0.2) is 6.10 Å². The number of amides is 1. The van der Waals surface area contributed by atoms with Crippen molar-refractivity contribution in [3.8, 4) is 0 Å². The molecule has 3 N–H and O–H groups in total. The molecule has 1 aliphatic carbocycles. The fraction of sp³-hybridized carbons (Fsp3) is 0.458. The minimum Gasteiger partial charge on any atom is -0.462 e. The molecule has 0 spiro atoms. The number of benzene rings is 1. The lowest BCUT2D eigenvalue weighted by atomic mass is 9.96. The highest BCUT2D eigenvalue weighted by Gasteiger charge is 2.29. The third-order valence-electron chi connectivity index (χ3n) is 5.42. The van der Waals surface area contributed by atoms with Crippen molar-refractivity contribution in [3.63, 3.8) is 0 Å². The van der Waals surface area contributed by atoms with Crippen LogP contribution in [0, 0.1) is 0 Å². The predicted octanol–water partition coefficient (Wildman–Crippen LogP) is 4.74. The van der Waals surface area contributed by atoms with Crippen LogP contribution in [-0.2, 0) is 27.1 Å². The molecule has 0 fully saturated rings. The van der Waals surface area contributed by atoms with Crippen molar-refractivity contribution in [1.82, 2.24) is 0 Å². The van der Waals surface area contributed by atoms with Gasteiger partial charge in [-0.15, -0.1) is 11.3 Å². The summed E-state index contributed by atoms with van der Waals surface area (Å²) in [5.41, 5.74) is 7.87. The van der Waals surface area contributed by atoms with Crippen LogP contribution in [0.4, 0.5) is 10.7 Å². The molecule has 0 radical (unpaired) electrons. The molecule has 1 aromatic heterocycles. The van der Waals surface area contributed by atoms with Crippen molar-refractivity contribution in [2.24, 2.45) is 0 Å². The predicted molar refractivity (Wildman–Crippen MR) is 125 cm³/mol. The van der Waals surface area contributed by atoms with Gasteiger partial charge in [0.25, 0.3) is 5.91 Å². The lowest BCUT2D eigenvalue weighted by Gasteiger charge is -2.16. The van der Waals surface area contributed by atoms with E-state index >= 15 is 0 Å². The first-order valence-corrected chi connectivity index (χ1v) is 11.9. The van der Waals surface area contributed by atoms with Gasteiger partial charge in [-0.2, -0.15) is 0 Å². The van der Waals surface area contributed by atoms with Gasteiger partial charge in [0.1, 0.15) is 5.00 Å². The van der Waals surface area contributed by atoms with Crippen molar-refractivity contribution >= 4 is 39.9 Å². The van der Waals surface area contributed by atoms with Gasteiger partial charge >= 0.3 is 11.9 Å². The molecule has 172 valence electrons. The number of ether oxygens (including phenoxy) is 2. The molecule has 3 rings (SSSR count). The molecule has 1 heterocycles. The van der Waals surface area contributed by atoms with Crippen molar-refractivity contribution < 1.29 is 23.9 Å². The first-order valence-electron chi connectivity index (χ1n) is 11.1. The topological polar surface area (TPSA) is 108 Å². The van der Waals surface area contributed by atoms with Crippen LogP contribution < -0.4 is 11.1 Å². The summed E-state index contributed by atoms with van der Waals surface area (Å²) in [4.78, 5) is 39.4. The lowest BCUT2D eigenvalue weighted by Crippen LogP contribution is -2.32. The quantitative estimate of drug-likeness (QED) is 0.458. The molecule has 0 saturated heterocycles. The Morgan fingerprint density at radius 1 is 1.09 bits per heavy atom. The summed E-state index contributed by atoms with van der Waals surface area (Å²) < 4.78 is 10.7. The first-order chi connectivity index (χ1) is 15.4. The van der Waals surface area contributed by atoms with Crippen LogP contribution in [0.2, 0.25) is 0 Å². The van der Waals surface area contributed by atoms with E-state index in [1.165, 1.54) is 17.4 Å². The second-order valence-electron chi connectivity index (χ2n) is 7.76. The van der Waals surface area contributed by atoms with Crippen LogP contribution in [0.15, 0.2) is 24.3 Å². The highest BCUT2D eigenvalue weighted by atomic mass is 32.1. The Hall–Kier alpha value is -2.87. The summed E-state index contributed by atoms with van der Waals surface area (Å²) in [6.07, 6.45) is 5.30. The number of nitrogens with one attached hydrogen (secondary N) is 1. The Morgan fingerprint density at radius 3 is 2.53 bits per heavy atom. The van der Waals surface area contributed by atoms with E-state index in [0.717, 1.165) is 49.0 Å². The summed E-state index contributed by atoms with van der Waals surface area (Å²) in [6, 6.07) is 6.41. The maximum absolute atomic E-state index is 13.0. The van der Waals surface area contributed by atoms with Gasteiger partial charge in [-0.3, -0.25) is 4.79 Å². The van der Waals surface area contributed by atoms with Crippen molar-refractivity contribution in [2.45, 2.75) is 64.9 Å². The van der Waals surface area contributed by atoms with Crippen LogP contribution in [-0.4, -0.2) is 30.6 Å². The van der Waals surface area contributed by atoms with Crippen LogP contribution in [0.25, 0.3) is 0 Å². The van der Waals surface area contributed by atoms with Gasteiger partial charge in [-0.1, -0.05) is 25.8 Å². The summed E-state index contributed by atoms with van der Waals surface area (Å²) in [6.45, 7) is 3.78. The van der Waals surface area contributed by atoms with Crippen molar-refractivity contribution in [3.05, 3.63) is 45.8 Å². The minimum atomic E-state index is -0.997. The molecule has 1 aliphatic rings. The van der Waals surface area contributed by atoms with E-state index < -0.39 is 23.9 Å². The molecule has 0 saturated carbocycles. The Labute approximate surface area is 192 Å². The van der Waals surface area contributed by atoms with E-state index in [1.807, 2.05) is 0 Å². The maximum atomic E-state index is 13.0. The Balaban J connectivity index is 1.82. The molecule has 0 bridgehead atoms. The molecule has 2 aromatic rings. The number of esters is 2. The third-order valence-corrected chi connectivity index (χ3v) is 6.63. The molecule has 32 heavy (non-hydrogen) atoms. The number of anilines is 2. The molecule has 1 atom stereocenters. The molecular formula is C24H30N2O5S. The Bertz CT molecular complexity index is 985. The van der Waals surface area contributed by atoms with E-state index in [2.05, 4.69) is 5.32 Å². The highest BCUT2D eigenvalue weighted by Crippen LogP contribution is 2.37. The monoisotopic (exact) mass is 458 g/mol. The fourth-order valence-electron chi connectivity index (χ4n) is 3.80. The van der Waals surface area contributed by atoms with Crippen LogP contribution in [0.1, 0.15) is 77.1 Å². The number of rotatable bonds is 7. The summed E-state index contributed by atoms with van der Waals surface area (Å²) in [7, 11) is 0. The molecule has 1 amide bonds. The number of fused-ring (bicyclic) bond motifs is 1. The molecule has 0 aliphatic heterocycles. The van der Waals surface area contributed by atoms with Gasteiger partial charge < -0.3 is 20.5 Å². The first kappa shape index (κ1) is 23.8. The lowest BCUT2D eigenvalue weighted by molar-refractivity contribution is -0.124. The Morgan fingerprint density at radius 2 is 1.84 bits per heavy atom.